The molecule has 0 spiro atoms. The summed E-state index contributed by atoms with van der Waals surface area (Å²) in [5.74, 6) is 1.18. The molecule has 0 aliphatic rings. The lowest BCUT2D eigenvalue weighted by atomic mass is 10.2. The predicted octanol–water partition coefficient (Wildman–Crippen LogP) is 1.91. The number of amides is 1. The molecule has 0 aromatic heterocycles. The molecule has 0 saturated heterocycles. The minimum atomic E-state index is -0.175. The second-order valence-electron chi connectivity index (χ2n) is 4.18. The van der Waals surface area contributed by atoms with E-state index in [2.05, 4.69) is 5.32 Å². The van der Waals surface area contributed by atoms with Gasteiger partial charge < -0.3 is 11.1 Å². The normalized spacial score (nSPS) is 12.2. The van der Waals surface area contributed by atoms with E-state index in [9.17, 15) is 9.18 Å². The number of carbonyl (C=O) groups is 1. The van der Waals surface area contributed by atoms with Crippen LogP contribution in [0, 0.1) is 5.82 Å². The monoisotopic (exact) mass is 270 g/mol. The van der Waals surface area contributed by atoms with Crippen molar-refractivity contribution in [3.8, 4) is 0 Å². The van der Waals surface area contributed by atoms with Gasteiger partial charge in [0, 0.05) is 30.5 Å². The van der Waals surface area contributed by atoms with Crippen molar-refractivity contribution in [3.63, 3.8) is 0 Å². The van der Waals surface area contributed by atoms with Crippen molar-refractivity contribution in [2.24, 2.45) is 5.73 Å². The highest BCUT2D eigenvalue weighted by Crippen LogP contribution is 2.14. The van der Waals surface area contributed by atoms with Gasteiger partial charge in [0.2, 0.25) is 5.91 Å². The number of benzene rings is 1. The Morgan fingerprint density at radius 2 is 2.22 bits per heavy atom. The molecule has 1 aromatic rings. The fourth-order valence-electron chi connectivity index (χ4n) is 1.42. The lowest BCUT2D eigenvalue weighted by molar-refractivity contribution is -0.121. The maximum Gasteiger partial charge on any atom is 0.221 e. The largest absolute Gasteiger partial charge is 0.355 e. The van der Waals surface area contributed by atoms with Gasteiger partial charge in [0.15, 0.2) is 0 Å². The molecule has 1 amide bonds. The van der Waals surface area contributed by atoms with E-state index in [1.54, 1.807) is 30.8 Å². The van der Waals surface area contributed by atoms with Crippen molar-refractivity contribution in [3.05, 3.63) is 35.6 Å². The molecule has 1 unspecified atom stereocenters. The van der Waals surface area contributed by atoms with Crippen LogP contribution in [0.2, 0.25) is 0 Å². The van der Waals surface area contributed by atoms with Crippen LogP contribution in [0.5, 0.6) is 0 Å². The zero-order chi connectivity index (χ0) is 13.4. The molecule has 5 heteroatoms. The quantitative estimate of drug-likeness (QED) is 0.744. The van der Waals surface area contributed by atoms with Gasteiger partial charge in [0.1, 0.15) is 5.82 Å². The molecule has 0 aliphatic carbocycles. The summed E-state index contributed by atoms with van der Waals surface area (Å²) in [6.45, 7) is 2.39. The summed E-state index contributed by atoms with van der Waals surface area (Å²) in [5.41, 5.74) is 6.21. The van der Waals surface area contributed by atoms with Gasteiger partial charge in [0.25, 0.3) is 0 Å². The van der Waals surface area contributed by atoms with Crippen LogP contribution in [0.4, 0.5) is 4.39 Å². The van der Waals surface area contributed by atoms with Crippen LogP contribution in [-0.4, -0.2) is 24.2 Å². The van der Waals surface area contributed by atoms with Crippen molar-refractivity contribution in [2.45, 2.75) is 25.1 Å². The molecule has 0 radical (unpaired) electrons. The number of halogens is 1. The Balaban J connectivity index is 2.12. The van der Waals surface area contributed by atoms with E-state index in [-0.39, 0.29) is 17.8 Å². The number of rotatable bonds is 7. The van der Waals surface area contributed by atoms with Gasteiger partial charge in [-0.1, -0.05) is 18.2 Å². The van der Waals surface area contributed by atoms with Crippen LogP contribution in [-0.2, 0) is 10.5 Å². The highest BCUT2D eigenvalue weighted by atomic mass is 32.2. The van der Waals surface area contributed by atoms with Gasteiger partial charge in [-0.15, -0.1) is 0 Å². The highest BCUT2D eigenvalue weighted by Gasteiger charge is 2.04. The van der Waals surface area contributed by atoms with Gasteiger partial charge in [-0.25, -0.2) is 4.39 Å². The fraction of sp³-hybridized carbons (Fsp3) is 0.462. The second kappa shape index (κ2) is 8.11. The van der Waals surface area contributed by atoms with Crippen LogP contribution in [0.3, 0.4) is 0 Å². The molecule has 0 saturated carbocycles. The van der Waals surface area contributed by atoms with E-state index in [0.717, 1.165) is 5.75 Å². The van der Waals surface area contributed by atoms with E-state index in [1.807, 2.05) is 6.07 Å². The minimum Gasteiger partial charge on any atom is -0.355 e. The fourth-order valence-corrected chi connectivity index (χ4v) is 2.27. The first-order valence-electron chi connectivity index (χ1n) is 5.93. The topological polar surface area (TPSA) is 55.1 Å². The highest BCUT2D eigenvalue weighted by molar-refractivity contribution is 7.98. The average molecular weight is 270 g/mol. The molecule has 0 aliphatic heterocycles. The van der Waals surface area contributed by atoms with Crippen molar-refractivity contribution in [1.82, 2.24) is 5.32 Å². The molecular formula is C13H19FN2OS. The third kappa shape index (κ3) is 6.02. The first kappa shape index (κ1) is 15.0. The Labute approximate surface area is 111 Å². The number of thioether (sulfide) groups is 1. The molecule has 18 heavy (non-hydrogen) atoms. The van der Waals surface area contributed by atoms with Crippen LogP contribution < -0.4 is 11.1 Å². The molecule has 100 valence electrons. The molecule has 0 heterocycles. The molecule has 3 nitrogen and oxygen atoms in total. The van der Waals surface area contributed by atoms with Crippen LogP contribution in [0.1, 0.15) is 18.9 Å². The van der Waals surface area contributed by atoms with Crippen LogP contribution >= 0.6 is 11.8 Å². The molecule has 1 aromatic carbocycles. The second-order valence-corrected chi connectivity index (χ2v) is 5.28. The summed E-state index contributed by atoms with van der Waals surface area (Å²) in [7, 11) is 0. The Kier molecular flexibility index (Phi) is 6.75. The molecular weight excluding hydrogens is 251 g/mol. The summed E-state index contributed by atoms with van der Waals surface area (Å²) in [6.07, 6.45) is 0.345. The Morgan fingerprint density at radius 1 is 1.50 bits per heavy atom. The lowest BCUT2D eigenvalue weighted by Crippen LogP contribution is -2.31. The summed E-state index contributed by atoms with van der Waals surface area (Å²) < 4.78 is 13.3. The standard InChI is InChI=1S/C13H19FN2OS/c1-10(15)8-13(17)16-6-7-18-9-11-4-2-3-5-12(11)14/h2-5,10H,6-9,15H2,1H3,(H,16,17). The van der Waals surface area contributed by atoms with Crippen LogP contribution in [0.15, 0.2) is 24.3 Å². The maximum absolute atomic E-state index is 13.3. The number of nitrogens with one attached hydrogen (secondary N) is 1. The summed E-state index contributed by atoms with van der Waals surface area (Å²) in [4.78, 5) is 11.3. The SMILES string of the molecule is CC(N)CC(=O)NCCSCc1ccccc1F. The van der Waals surface area contributed by atoms with E-state index in [0.29, 0.717) is 24.3 Å². The molecule has 1 rings (SSSR count). The Hall–Kier alpha value is -1.07. The van der Waals surface area contributed by atoms with Crippen molar-refractivity contribution in [1.29, 1.82) is 0 Å². The summed E-state index contributed by atoms with van der Waals surface area (Å²) in [6, 6.07) is 6.62. The van der Waals surface area contributed by atoms with Crippen molar-refractivity contribution < 1.29 is 9.18 Å². The Morgan fingerprint density at radius 3 is 2.89 bits per heavy atom. The number of carbonyl (C=O) groups excluding carboxylic acids is 1. The maximum atomic E-state index is 13.3. The number of hydrogen-bond donors (Lipinski definition) is 2. The zero-order valence-corrected chi connectivity index (χ0v) is 11.3. The minimum absolute atomic E-state index is 0.0310. The van der Waals surface area contributed by atoms with Gasteiger partial charge in [-0.05, 0) is 18.6 Å². The van der Waals surface area contributed by atoms with E-state index in [4.69, 9.17) is 5.73 Å². The predicted molar refractivity (Wildman–Crippen MR) is 73.8 cm³/mol. The molecule has 0 bridgehead atoms. The van der Waals surface area contributed by atoms with E-state index < -0.39 is 0 Å². The molecule has 1 atom stereocenters. The average Bonchev–Trinajstić information content (AvgIpc) is 2.30. The van der Waals surface area contributed by atoms with E-state index >= 15 is 0 Å². The van der Waals surface area contributed by atoms with Gasteiger partial charge in [0.05, 0.1) is 0 Å². The summed E-state index contributed by atoms with van der Waals surface area (Å²) >= 11 is 1.60. The number of nitrogens with two attached hydrogens (primary N) is 1. The van der Waals surface area contributed by atoms with Gasteiger partial charge in [-0.2, -0.15) is 11.8 Å². The lowest BCUT2D eigenvalue weighted by Gasteiger charge is -2.07. The van der Waals surface area contributed by atoms with Gasteiger partial charge >= 0.3 is 0 Å². The first-order chi connectivity index (χ1) is 8.59. The van der Waals surface area contributed by atoms with Crippen LogP contribution in [0.25, 0.3) is 0 Å². The third-order valence-electron chi connectivity index (χ3n) is 2.29. The third-order valence-corrected chi connectivity index (χ3v) is 3.30. The Bertz CT molecular complexity index is 385. The summed E-state index contributed by atoms with van der Waals surface area (Å²) in [5, 5.41) is 2.78. The molecule has 0 fully saturated rings. The van der Waals surface area contributed by atoms with Crippen molar-refractivity contribution in [2.75, 3.05) is 12.3 Å². The zero-order valence-electron chi connectivity index (χ0n) is 10.5. The first-order valence-corrected chi connectivity index (χ1v) is 7.08. The number of hydrogen-bond acceptors (Lipinski definition) is 3. The van der Waals surface area contributed by atoms with Crippen molar-refractivity contribution >= 4 is 17.7 Å². The molecule has 3 N–H and O–H groups in total. The van der Waals surface area contributed by atoms with Gasteiger partial charge in [-0.3, -0.25) is 4.79 Å². The smallest absolute Gasteiger partial charge is 0.221 e. The van der Waals surface area contributed by atoms with E-state index in [1.165, 1.54) is 6.07 Å².